The van der Waals surface area contributed by atoms with Crippen molar-refractivity contribution < 1.29 is 28.0 Å². The standard InChI is InChI=1S/C24H39N2O8P/c1-3-4-5-6-7-8-9-10-11-12-13-14-22(27)34-35(30,31)32-18-20-15-16-21(33-20)26-17-19(2)23(28)25-24(26)29/h15-17,20-21H,3-14,18H2,1-2H3,(H,30,31)(H,25,28,29)/t20-,21+/m0/s1. The topological polar surface area (TPSA) is 137 Å². The van der Waals surface area contributed by atoms with Gasteiger partial charge >= 0.3 is 19.5 Å². The minimum absolute atomic E-state index is 0.0569. The highest BCUT2D eigenvalue weighted by molar-refractivity contribution is 7.48. The number of hydrogen-bond donors (Lipinski definition) is 2. The molecule has 2 heterocycles. The van der Waals surface area contributed by atoms with Gasteiger partial charge in [0, 0.05) is 18.2 Å². The molecule has 0 aliphatic carbocycles. The van der Waals surface area contributed by atoms with Gasteiger partial charge in [0.05, 0.1) is 6.61 Å². The zero-order valence-corrected chi connectivity index (χ0v) is 21.7. The molecular weight excluding hydrogens is 475 g/mol. The first-order valence-corrected chi connectivity index (χ1v) is 14.1. The van der Waals surface area contributed by atoms with E-state index in [0.717, 1.165) is 19.3 Å². The average Bonchev–Trinajstić information content (AvgIpc) is 3.27. The highest BCUT2D eigenvalue weighted by Gasteiger charge is 2.30. The fourth-order valence-electron chi connectivity index (χ4n) is 3.82. The SMILES string of the molecule is CCCCCCCCCCCCCC(=O)OP(=O)(O)OC[C@@H]1C=C[C@H](n2cc(C)c(=O)[nH]c2=O)O1. The lowest BCUT2D eigenvalue weighted by molar-refractivity contribution is -0.136. The molecular formula is C24H39N2O8P. The number of aromatic amines is 1. The van der Waals surface area contributed by atoms with Gasteiger partial charge < -0.3 is 9.26 Å². The molecule has 0 saturated carbocycles. The largest absolute Gasteiger partial charge is 0.529 e. The molecule has 0 spiro atoms. The van der Waals surface area contributed by atoms with Gasteiger partial charge in [0.15, 0.2) is 6.23 Å². The molecule has 35 heavy (non-hydrogen) atoms. The first-order valence-electron chi connectivity index (χ1n) is 12.6. The van der Waals surface area contributed by atoms with E-state index in [1.807, 2.05) is 0 Å². The highest BCUT2D eigenvalue weighted by atomic mass is 31.2. The van der Waals surface area contributed by atoms with Crippen LogP contribution in [0.3, 0.4) is 0 Å². The Hall–Kier alpha value is -2.00. The lowest BCUT2D eigenvalue weighted by atomic mass is 10.1. The summed E-state index contributed by atoms with van der Waals surface area (Å²) in [6, 6.07) is 0. The quantitative estimate of drug-likeness (QED) is 0.174. The summed E-state index contributed by atoms with van der Waals surface area (Å²) >= 11 is 0. The molecule has 0 amide bonds. The first kappa shape index (κ1) is 29.2. The first-order chi connectivity index (χ1) is 16.7. The zero-order chi connectivity index (χ0) is 25.7. The maximum Gasteiger partial charge on any atom is 0.529 e. The molecule has 1 aromatic rings. The Labute approximate surface area is 206 Å². The van der Waals surface area contributed by atoms with Crippen LogP contribution in [0.4, 0.5) is 0 Å². The van der Waals surface area contributed by atoms with Crippen molar-refractivity contribution in [2.75, 3.05) is 6.61 Å². The van der Waals surface area contributed by atoms with Crippen molar-refractivity contribution in [2.24, 2.45) is 0 Å². The second-order valence-electron chi connectivity index (χ2n) is 8.94. The molecule has 1 aromatic heterocycles. The van der Waals surface area contributed by atoms with Gasteiger partial charge in [-0.1, -0.05) is 77.2 Å². The number of hydrogen-bond acceptors (Lipinski definition) is 7. The number of nitrogens with zero attached hydrogens (tertiary/aromatic N) is 1. The number of carbonyl (C=O) groups is 1. The Balaban J connectivity index is 1.59. The normalized spacial score (nSPS) is 19.1. The van der Waals surface area contributed by atoms with Gasteiger partial charge in [-0.15, -0.1) is 0 Å². The van der Waals surface area contributed by atoms with Gasteiger partial charge in [0.2, 0.25) is 0 Å². The Morgan fingerprint density at radius 1 is 1.06 bits per heavy atom. The van der Waals surface area contributed by atoms with E-state index in [9.17, 15) is 23.8 Å². The van der Waals surface area contributed by atoms with Crippen LogP contribution in [0.25, 0.3) is 0 Å². The number of ether oxygens (including phenoxy) is 1. The third-order valence-electron chi connectivity index (χ3n) is 5.83. The van der Waals surface area contributed by atoms with E-state index in [1.165, 1.54) is 55.7 Å². The number of H-pyrrole nitrogens is 1. The third-order valence-corrected chi connectivity index (χ3v) is 6.74. The molecule has 1 aliphatic heterocycles. The van der Waals surface area contributed by atoms with E-state index >= 15 is 0 Å². The van der Waals surface area contributed by atoms with Crippen LogP contribution in [-0.2, 0) is 23.1 Å². The van der Waals surface area contributed by atoms with E-state index < -0.39 is 37.4 Å². The fraction of sp³-hybridized carbons (Fsp3) is 0.708. The van der Waals surface area contributed by atoms with Crippen LogP contribution >= 0.6 is 7.82 Å². The van der Waals surface area contributed by atoms with Crippen LogP contribution in [-0.4, -0.2) is 33.1 Å². The summed E-state index contributed by atoms with van der Waals surface area (Å²) < 4.78 is 28.4. The molecule has 0 bridgehead atoms. The number of aromatic nitrogens is 2. The molecule has 1 unspecified atom stereocenters. The average molecular weight is 515 g/mol. The van der Waals surface area contributed by atoms with Crippen molar-refractivity contribution in [1.82, 2.24) is 9.55 Å². The van der Waals surface area contributed by atoms with Crippen LogP contribution in [0, 0.1) is 6.92 Å². The van der Waals surface area contributed by atoms with Crippen molar-refractivity contribution >= 4 is 13.8 Å². The molecule has 2 rings (SSSR count). The highest BCUT2D eigenvalue weighted by Crippen LogP contribution is 2.44. The molecule has 10 nitrogen and oxygen atoms in total. The molecule has 11 heteroatoms. The summed E-state index contributed by atoms with van der Waals surface area (Å²) in [5.74, 6) is -0.775. The number of unbranched alkanes of at least 4 members (excludes halogenated alkanes) is 10. The van der Waals surface area contributed by atoms with Crippen molar-refractivity contribution in [3.05, 3.63) is 44.8 Å². The van der Waals surface area contributed by atoms with Crippen molar-refractivity contribution in [3.8, 4) is 0 Å². The molecule has 0 saturated heterocycles. The van der Waals surface area contributed by atoms with Crippen LogP contribution in [0.15, 0.2) is 27.9 Å². The number of aryl methyl sites for hydroxylation is 1. The summed E-state index contributed by atoms with van der Waals surface area (Å²) in [5.41, 5.74) is -0.781. The molecule has 2 N–H and O–H groups in total. The van der Waals surface area contributed by atoms with Gasteiger partial charge in [-0.2, -0.15) is 0 Å². The summed E-state index contributed by atoms with van der Waals surface area (Å²) in [4.78, 5) is 47.4. The summed E-state index contributed by atoms with van der Waals surface area (Å²) in [6.45, 7) is 3.43. The Morgan fingerprint density at radius 2 is 1.66 bits per heavy atom. The van der Waals surface area contributed by atoms with E-state index in [0.29, 0.717) is 12.0 Å². The lowest BCUT2D eigenvalue weighted by Gasteiger charge is -2.17. The van der Waals surface area contributed by atoms with Crippen LogP contribution in [0.1, 0.15) is 95.8 Å². The Morgan fingerprint density at radius 3 is 2.29 bits per heavy atom. The van der Waals surface area contributed by atoms with E-state index in [4.69, 9.17) is 9.26 Å². The lowest BCUT2D eigenvalue weighted by Crippen LogP contribution is -2.33. The third kappa shape index (κ3) is 11.1. The predicted octanol–water partition coefficient (Wildman–Crippen LogP) is 4.66. The number of phosphoric ester groups is 1. The summed E-state index contributed by atoms with van der Waals surface area (Å²) in [6.07, 6.45) is 15.6. The van der Waals surface area contributed by atoms with Crippen molar-refractivity contribution in [3.63, 3.8) is 0 Å². The number of phosphoric acid groups is 1. The summed E-state index contributed by atoms with van der Waals surface area (Å²) in [5, 5.41) is 0. The molecule has 1 aliphatic rings. The van der Waals surface area contributed by atoms with Gasteiger partial charge in [-0.3, -0.25) is 28.6 Å². The minimum atomic E-state index is -4.58. The smallest absolute Gasteiger partial charge is 0.371 e. The van der Waals surface area contributed by atoms with Gasteiger partial charge in [-0.25, -0.2) is 9.36 Å². The Kier molecular flexibility index (Phi) is 12.7. The van der Waals surface area contributed by atoms with Gasteiger partial charge in [-0.05, 0) is 19.4 Å². The fourth-order valence-corrected chi connectivity index (χ4v) is 4.56. The van der Waals surface area contributed by atoms with Crippen molar-refractivity contribution in [1.29, 1.82) is 0 Å². The number of carbonyl (C=O) groups excluding carboxylic acids is 1. The van der Waals surface area contributed by atoms with Crippen LogP contribution < -0.4 is 11.2 Å². The summed E-state index contributed by atoms with van der Waals surface area (Å²) in [7, 11) is -4.58. The number of nitrogens with one attached hydrogen (secondary N) is 1. The zero-order valence-electron chi connectivity index (χ0n) is 20.8. The predicted molar refractivity (Wildman–Crippen MR) is 132 cm³/mol. The molecule has 3 atom stereocenters. The van der Waals surface area contributed by atoms with Crippen LogP contribution in [0.2, 0.25) is 0 Å². The van der Waals surface area contributed by atoms with E-state index in [1.54, 1.807) is 19.1 Å². The monoisotopic (exact) mass is 514 g/mol. The van der Waals surface area contributed by atoms with E-state index in [2.05, 4.69) is 16.4 Å². The second-order valence-corrected chi connectivity index (χ2v) is 10.3. The maximum atomic E-state index is 12.1. The van der Waals surface area contributed by atoms with Crippen LogP contribution in [0.5, 0.6) is 0 Å². The van der Waals surface area contributed by atoms with Crippen molar-refractivity contribution in [2.45, 2.75) is 103 Å². The van der Waals surface area contributed by atoms with Gasteiger partial charge in [0.1, 0.15) is 6.10 Å². The maximum absolute atomic E-state index is 12.1. The molecule has 0 aromatic carbocycles. The second kappa shape index (κ2) is 15.2. The molecule has 0 fully saturated rings. The number of rotatable bonds is 17. The minimum Gasteiger partial charge on any atom is -0.371 e. The van der Waals surface area contributed by atoms with E-state index in [-0.39, 0.29) is 13.0 Å². The Bertz CT molecular complexity index is 986. The van der Waals surface area contributed by atoms with Gasteiger partial charge in [0.25, 0.3) is 5.56 Å². The molecule has 0 radical (unpaired) electrons. The molecule has 198 valence electrons.